The zero-order chi connectivity index (χ0) is 17.3. The van der Waals surface area contributed by atoms with Crippen LogP contribution in [0.1, 0.15) is 65.7 Å². The van der Waals surface area contributed by atoms with Gasteiger partial charge in [-0.15, -0.1) is 10.2 Å². The van der Waals surface area contributed by atoms with Gasteiger partial charge in [0.25, 0.3) is 0 Å². The Labute approximate surface area is 138 Å². The van der Waals surface area contributed by atoms with Crippen molar-refractivity contribution in [1.29, 1.82) is 0 Å². The summed E-state index contributed by atoms with van der Waals surface area (Å²) in [6, 6.07) is 0. The van der Waals surface area contributed by atoms with Gasteiger partial charge in [0.2, 0.25) is 17.7 Å². The molecule has 0 spiro atoms. The Morgan fingerprint density at radius 2 is 1.91 bits per heavy atom. The lowest BCUT2D eigenvalue weighted by Crippen LogP contribution is -2.35. The number of hydrogen-bond donors (Lipinski definition) is 1. The molecule has 0 unspecified atom stereocenters. The van der Waals surface area contributed by atoms with Crippen molar-refractivity contribution in [3.8, 4) is 0 Å². The van der Waals surface area contributed by atoms with Gasteiger partial charge in [0.1, 0.15) is 0 Å². The summed E-state index contributed by atoms with van der Waals surface area (Å²) in [5.41, 5.74) is -0.350. The number of carbonyl (C=O) groups excluding carboxylic acids is 1. The molecule has 23 heavy (non-hydrogen) atoms. The van der Waals surface area contributed by atoms with Gasteiger partial charge in [-0.1, -0.05) is 41.5 Å². The average Bonchev–Trinajstić information content (AvgIpc) is 3.04. The van der Waals surface area contributed by atoms with Crippen LogP contribution in [0, 0.1) is 10.8 Å². The molecule has 130 valence electrons. The van der Waals surface area contributed by atoms with Gasteiger partial charge in [-0.05, 0) is 11.8 Å². The topological polar surface area (TPSA) is 77.2 Å². The molecule has 0 aromatic carbocycles. The van der Waals surface area contributed by atoms with Crippen LogP contribution in [0.25, 0.3) is 0 Å². The van der Waals surface area contributed by atoms with Gasteiger partial charge in [0, 0.05) is 25.0 Å². The van der Waals surface area contributed by atoms with E-state index in [4.69, 9.17) is 9.15 Å². The summed E-state index contributed by atoms with van der Waals surface area (Å²) in [5.74, 6) is 1.39. The number of carbonyl (C=O) groups is 1. The average molecular weight is 323 g/mol. The van der Waals surface area contributed by atoms with Crippen molar-refractivity contribution >= 4 is 5.91 Å². The van der Waals surface area contributed by atoms with Crippen LogP contribution in [-0.4, -0.2) is 35.4 Å². The molecule has 1 aliphatic rings. The van der Waals surface area contributed by atoms with Gasteiger partial charge < -0.3 is 14.5 Å². The Balaban J connectivity index is 1.92. The van der Waals surface area contributed by atoms with Gasteiger partial charge in [0.05, 0.1) is 12.0 Å². The Hall–Kier alpha value is -1.43. The normalized spacial score (nSPS) is 22.3. The van der Waals surface area contributed by atoms with E-state index in [1.54, 1.807) is 0 Å². The monoisotopic (exact) mass is 323 g/mol. The predicted octanol–water partition coefficient (Wildman–Crippen LogP) is 2.69. The van der Waals surface area contributed by atoms with Crippen molar-refractivity contribution in [1.82, 2.24) is 15.5 Å². The summed E-state index contributed by atoms with van der Waals surface area (Å²) >= 11 is 0. The third-order valence-electron chi connectivity index (χ3n) is 4.05. The molecule has 2 heterocycles. The van der Waals surface area contributed by atoms with Gasteiger partial charge in [-0.2, -0.15) is 0 Å². The minimum absolute atomic E-state index is 0.0224. The van der Waals surface area contributed by atoms with Crippen LogP contribution in [0.4, 0.5) is 0 Å². The summed E-state index contributed by atoms with van der Waals surface area (Å²) in [4.78, 5) is 11.8. The van der Waals surface area contributed by atoms with E-state index in [9.17, 15) is 4.79 Å². The van der Waals surface area contributed by atoms with Crippen LogP contribution in [-0.2, 0) is 16.0 Å². The standard InChI is InChI=1S/C17H29N3O3/c1-16(2,3)13-11(8-10-22-13)14-20-19-12(23-14)7-9-18-15(21)17(4,5)6/h11,13H,7-10H2,1-6H3,(H,18,21)/t11-,13-/m0/s1. The molecule has 0 saturated carbocycles. The number of hydrogen-bond acceptors (Lipinski definition) is 5. The zero-order valence-corrected chi connectivity index (χ0v) is 15.1. The molecule has 0 radical (unpaired) electrons. The highest BCUT2D eigenvalue weighted by molar-refractivity contribution is 5.81. The lowest BCUT2D eigenvalue weighted by atomic mass is 9.81. The summed E-state index contributed by atoms with van der Waals surface area (Å²) in [6.07, 6.45) is 1.55. The second kappa shape index (κ2) is 6.59. The number of rotatable bonds is 4. The van der Waals surface area contributed by atoms with E-state index in [0.29, 0.717) is 24.7 Å². The van der Waals surface area contributed by atoms with Crippen LogP contribution < -0.4 is 5.32 Å². The number of aromatic nitrogens is 2. The molecule has 0 aliphatic carbocycles. The first-order valence-electron chi connectivity index (χ1n) is 8.31. The maximum Gasteiger partial charge on any atom is 0.225 e. The fourth-order valence-electron chi connectivity index (χ4n) is 2.76. The molecule has 2 atom stereocenters. The predicted molar refractivity (Wildman–Crippen MR) is 87.0 cm³/mol. The van der Waals surface area contributed by atoms with Crippen molar-refractivity contribution in [2.45, 2.75) is 66.4 Å². The Morgan fingerprint density at radius 1 is 1.22 bits per heavy atom. The second-order valence-corrected chi connectivity index (χ2v) is 8.34. The molecular weight excluding hydrogens is 294 g/mol. The number of amides is 1. The highest BCUT2D eigenvalue weighted by Crippen LogP contribution is 2.40. The first-order chi connectivity index (χ1) is 10.6. The van der Waals surface area contributed by atoms with Gasteiger partial charge in [-0.25, -0.2) is 0 Å². The third-order valence-corrected chi connectivity index (χ3v) is 4.05. The fourth-order valence-corrected chi connectivity index (χ4v) is 2.76. The molecule has 1 aromatic rings. The molecule has 1 fully saturated rings. The molecule has 1 aromatic heterocycles. The number of nitrogens with zero attached hydrogens (tertiary/aromatic N) is 2. The molecule has 2 rings (SSSR count). The van der Waals surface area contributed by atoms with E-state index in [1.807, 2.05) is 20.8 Å². The largest absolute Gasteiger partial charge is 0.425 e. The molecule has 1 amide bonds. The quantitative estimate of drug-likeness (QED) is 0.922. The maximum absolute atomic E-state index is 11.8. The van der Waals surface area contributed by atoms with Crippen LogP contribution in [0.2, 0.25) is 0 Å². The second-order valence-electron chi connectivity index (χ2n) is 8.34. The molecule has 1 N–H and O–H groups in total. The van der Waals surface area contributed by atoms with E-state index in [0.717, 1.165) is 13.0 Å². The Kier molecular flexibility index (Phi) is 5.14. The van der Waals surface area contributed by atoms with Gasteiger partial charge in [-0.3, -0.25) is 4.79 Å². The maximum atomic E-state index is 11.8. The highest BCUT2D eigenvalue weighted by atomic mass is 16.5. The molecule has 0 bridgehead atoms. The molecule has 6 nitrogen and oxygen atoms in total. The van der Waals surface area contributed by atoms with Crippen LogP contribution in [0.3, 0.4) is 0 Å². The zero-order valence-electron chi connectivity index (χ0n) is 15.1. The highest BCUT2D eigenvalue weighted by Gasteiger charge is 2.41. The minimum Gasteiger partial charge on any atom is -0.425 e. The summed E-state index contributed by atoms with van der Waals surface area (Å²) in [5, 5.41) is 11.2. The fraction of sp³-hybridized carbons (Fsp3) is 0.824. The van der Waals surface area contributed by atoms with Crippen molar-refractivity contribution in [3.63, 3.8) is 0 Å². The number of nitrogens with one attached hydrogen (secondary N) is 1. The molecule has 1 saturated heterocycles. The minimum atomic E-state index is -0.388. The lowest BCUT2D eigenvalue weighted by Gasteiger charge is -2.29. The van der Waals surface area contributed by atoms with Crippen molar-refractivity contribution in [2.24, 2.45) is 10.8 Å². The van der Waals surface area contributed by atoms with Gasteiger partial charge >= 0.3 is 0 Å². The first kappa shape index (κ1) is 17.9. The van der Waals surface area contributed by atoms with Crippen LogP contribution in [0.15, 0.2) is 4.42 Å². The summed E-state index contributed by atoms with van der Waals surface area (Å²) in [6.45, 7) is 13.4. The van der Waals surface area contributed by atoms with Crippen LogP contribution >= 0.6 is 0 Å². The Morgan fingerprint density at radius 3 is 2.52 bits per heavy atom. The van der Waals surface area contributed by atoms with E-state index in [-0.39, 0.29) is 28.8 Å². The molecular formula is C17H29N3O3. The first-order valence-corrected chi connectivity index (χ1v) is 8.31. The number of ether oxygens (including phenoxy) is 1. The third kappa shape index (κ3) is 4.53. The molecule has 1 aliphatic heterocycles. The van der Waals surface area contributed by atoms with E-state index in [2.05, 4.69) is 36.3 Å². The summed E-state index contributed by atoms with van der Waals surface area (Å²) in [7, 11) is 0. The van der Waals surface area contributed by atoms with E-state index >= 15 is 0 Å². The van der Waals surface area contributed by atoms with Crippen molar-refractivity contribution in [3.05, 3.63) is 11.8 Å². The van der Waals surface area contributed by atoms with Gasteiger partial charge in [0.15, 0.2) is 0 Å². The van der Waals surface area contributed by atoms with E-state index in [1.165, 1.54) is 0 Å². The van der Waals surface area contributed by atoms with Crippen LogP contribution in [0.5, 0.6) is 0 Å². The Bertz CT molecular complexity index is 540. The summed E-state index contributed by atoms with van der Waals surface area (Å²) < 4.78 is 11.7. The van der Waals surface area contributed by atoms with Crippen molar-refractivity contribution < 1.29 is 13.9 Å². The SMILES string of the molecule is CC(C)(C)C(=O)NCCc1nnc([C@H]2CCO[C@@H]2C(C)(C)C)o1. The lowest BCUT2D eigenvalue weighted by molar-refractivity contribution is -0.128. The van der Waals surface area contributed by atoms with E-state index < -0.39 is 0 Å². The van der Waals surface area contributed by atoms with Crippen molar-refractivity contribution in [2.75, 3.05) is 13.2 Å². The smallest absolute Gasteiger partial charge is 0.225 e. The molecule has 6 heteroatoms.